The van der Waals surface area contributed by atoms with Crippen LogP contribution in [0.5, 0.6) is 0 Å². The minimum absolute atomic E-state index is 0. The molecule has 0 spiro atoms. The average Bonchev–Trinajstić information content (AvgIpc) is 0.669. The van der Waals surface area contributed by atoms with Crippen LogP contribution >= 0.6 is 0 Å². The van der Waals surface area contributed by atoms with Gasteiger partial charge in [0.1, 0.15) is 105 Å². The van der Waals surface area contributed by atoms with E-state index in [4.69, 9.17) is 0 Å². The molecule has 0 aliphatic carbocycles. The van der Waals surface area contributed by atoms with E-state index in [0.717, 1.165) is 0 Å². The van der Waals surface area contributed by atoms with Crippen LogP contribution < -0.4 is 43.7 Å². The molecule has 0 aliphatic heterocycles. The maximum atomic E-state index is 17.4. The summed E-state index contributed by atoms with van der Waals surface area (Å²) < 4.78 is 885. The van der Waals surface area contributed by atoms with E-state index in [9.17, 15) is 70.2 Å². The fourth-order valence-corrected chi connectivity index (χ4v) is 16.8. The van der Waals surface area contributed by atoms with Crippen LogP contribution in [0.2, 0.25) is 0 Å². The standard InChI is InChI=1S/2C40BF28.Mg/c2*42-13-1-5(25(54)37(66)33(62)21(1)50)17(46)29(58)9(13)41(10-14(43)2-6(18(47)30(10)59)26(55)38(67)34(63)22(2)51,11-15(44)3-7(19(48)31(11)60)27(56)39(68)35(64)23(3)52)12-16(45)4-8(20(49)32(12)61)28(57)40(69)36(65)24(4)53;/q2*-1;+2. The third-order valence-electron chi connectivity index (χ3n) is 22.4. The van der Waals surface area contributed by atoms with Gasteiger partial charge in [-0.25, -0.2) is 246 Å². The van der Waals surface area contributed by atoms with Crippen LogP contribution in [0.25, 0.3) is 86.2 Å². The van der Waals surface area contributed by atoms with E-state index in [0.29, 0.717) is 0 Å². The third kappa shape index (κ3) is 12.5. The molecule has 16 aromatic carbocycles. The van der Waals surface area contributed by atoms with Gasteiger partial charge in [0.2, 0.25) is 0 Å². The Morgan fingerprint density at radius 2 is 0.115 bits per heavy atom. The number of hydrogen-bond acceptors (Lipinski definition) is 0. The summed E-state index contributed by atoms with van der Waals surface area (Å²) in [5.41, 5.74) is -31.7. The van der Waals surface area contributed by atoms with Crippen LogP contribution in [-0.2, 0) is 0 Å². The molecule has 0 aromatic heterocycles. The summed E-state index contributed by atoms with van der Waals surface area (Å²) in [6, 6.07) is 0. The van der Waals surface area contributed by atoms with Crippen LogP contribution in [0.15, 0.2) is 0 Å². The third-order valence-corrected chi connectivity index (χ3v) is 22.4. The van der Waals surface area contributed by atoms with Gasteiger partial charge in [0.15, 0.2) is 233 Å². The summed E-state index contributed by atoms with van der Waals surface area (Å²) in [5, 5.41) is -50.0. The summed E-state index contributed by atoms with van der Waals surface area (Å²) in [5.74, 6) is -203. The van der Waals surface area contributed by atoms with Gasteiger partial charge in [-0.2, -0.15) is 0 Å². The predicted molar refractivity (Wildman–Crippen MR) is 364 cm³/mol. The van der Waals surface area contributed by atoms with Crippen LogP contribution in [-0.4, -0.2) is 35.3 Å². The first-order chi connectivity index (χ1) is 64.0. The second kappa shape index (κ2) is 33.4. The molecule has 0 saturated heterocycles. The van der Waals surface area contributed by atoms with E-state index >= 15 is 176 Å². The second-order valence-electron chi connectivity index (χ2n) is 28.6. The van der Waals surface area contributed by atoms with Crippen molar-refractivity contribution in [1.29, 1.82) is 0 Å². The molecule has 59 heteroatoms. The minimum atomic E-state index is -7.99. The Balaban J connectivity index is 0.000000220. The van der Waals surface area contributed by atoms with E-state index in [2.05, 4.69) is 0 Å². The molecular formula is C80B2F56Mg. The molecule has 16 aromatic rings. The Kier molecular flexibility index (Phi) is 24.4. The van der Waals surface area contributed by atoms with Crippen molar-refractivity contribution in [3.05, 3.63) is 326 Å². The van der Waals surface area contributed by atoms with Crippen LogP contribution in [0.4, 0.5) is 246 Å². The van der Waals surface area contributed by atoms with Crippen molar-refractivity contribution in [1.82, 2.24) is 0 Å². The van der Waals surface area contributed by atoms with E-state index in [1.165, 1.54) is 0 Å². The van der Waals surface area contributed by atoms with Crippen molar-refractivity contribution >= 4 is 165 Å². The maximum absolute atomic E-state index is 17.4. The largest absolute Gasteiger partial charge is 2.00 e. The van der Waals surface area contributed by atoms with Crippen molar-refractivity contribution < 1.29 is 246 Å². The van der Waals surface area contributed by atoms with E-state index < -0.39 is 468 Å². The molecule has 0 fully saturated rings. The number of fused-ring (bicyclic) bond motifs is 8. The van der Waals surface area contributed by atoms with Crippen molar-refractivity contribution in [2.24, 2.45) is 0 Å². The fraction of sp³-hybridized carbons (Fsp3) is 0. The molecule has 0 nitrogen and oxygen atoms in total. The Morgan fingerprint density at radius 3 is 0.180 bits per heavy atom. The quantitative estimate of drug-likeness (QED) is 0.0616. The topological polar surface area (TPSA) is 0 Å². The molecule has 0 unspecified atom stereocenters. The van der Waals surface area contributed by atoms with Crippen molar-refractivity contribution in [3.8, 4) is 0 Å². The van der Waals surface area contributed by atoms with Gasteiger partial charge >= 0.3 is 23.1 Å². The number of rotatable bonds is 8. The van der Waals surface area contributed by atoms with Gasteiger partial charge in [-0.3, -0.25) is 0 Å². The molecule has 0 saturated carbocycles. The molecule has 0 N–H and O–H groups in total. The van der Waals surface area contributed by atoms with Gasteiger partial charge in [-0.15, -0.1) is 43.7 Å². The summed E-state index contributed by atoms with van der Waals surface area (Å²) in [4.78, 5) is 0. The molecule has 0 atom stereocenters. The van der Waals surface area contributed by atoms with Crippen LogP contribution in [0, 0.1) is 326 Å². The molecule has 0 radical (unpaired) electrons. The molecule has 0 amide bonds. The van der Waals surface area contributed by atoms with E-state index in [-0.39, 0.29) is 23.1 Å². The number of hydrogen-bond donors (Lipinski definition) is 0. The Morgan fingerprint density at radius 1 is 0.0647 bits per heavy atom. The molecule has 0 heterocycles. The maximum Gasteiger partial charge on any atom is 2.00 e. The summed E-state index contributed by atoms with van der Waals surface area (Å²) >= 11 is 0. The van der Waals surface area contributed by atoms with Crippen molar-refractivity contribution in [2.75, 3.05) is 0 Å². The van der Waals surface area contributed by atoms with E-state index in [1.54, 1.807) is 0 Å². The zero-order valence-electron chi connectivity index (χ0n) is 63.0. The monoisotopic (exact) mass is 2070 g/mol. The normalized spacial score (nSPS) is 12.3. The Labute approximate surface area is 734 Å². The Bertz CT molecular complexity index is 7060. The first-order valence-electron chi connectivity index (χ1n) is 34.9. The zero-order valence-corrected chi connectivity index (χ0v) is 64.4. The summed E-state index contributed by atoms with van der Waals surface area (Å²) in [6.45, 7) is 0. The smallest absolute Gasteiger partial charge is 0.210 e. The summed E-state index contributed by atoms with van der Waals surface area (Å²) in [6.07, 6.45) is -16.0. The van der Waals surface area contributed by atoms with Crippen LogP contribution in [0.1, 0.15) is 0 Å². The molecular weight excluding hydrogens is 2070 g/mol. The van der Waals surface area contributed by atoms with Crippen molar-refractivity contribution in [3.63, 3.8) is 0 Å². The molecule has 0 aliphatic rings. The van der Waals surface area contributed by atoms with E-state index in [1.807, 2.05) is 0 Å². The van der Waals surface area contributed by atoms with Gasteiger partial charge in [-0.05, 0) is 0 Å². The van der Waals surface area contributed by atoms with Gasteiger partial charge < -0.3 is 0 Å². The summed E-state index contributed by atoms with van der Waals surface area (Å²) in [7, 11) is 0. The predicted octanol–water partition coefficient (Wildman–Crippen LogP) is 22.8. The molecule has 0 bridgehead atoms. The average molecular weight is 2070 g/mol. The number of benzene rings is 16. The van der Waals surface area contributed by atoms with Gasteiger partial charge in [-0.1, -0.05) is 0 Å². The zero-order chi connectivity index (χ0) is 103. The van der Waals surface area contributed by atoms with Gasteiger partial charge in [0.05, 0.1) is 86.2 Å². The molecule has 139 heavy (non-hydrogen) atoms. The molecule has 16 rings (SSSR count). The van der Waals surface area contributed by atoms with Crippen LogP contribution in [0.3, 0.4) is 0 Å². The minimum Gasteiger partial charge on any atom is -0.210 e. The Hall–Kier alpha value is -13.4. The first-order valence-corrected chi connectivity index (χ1v) is 34.9. The van der Waals surface area contributed by atoms with Crippen molar-refractivity contribution in [2.45, 2.75) is 0 Å². The van der Waals surface area contributed by atoms with Gasteiger partial charge in [0.25, 0.3) is 0 Å². The fourth-order valence-electron chi connectivity index (χ4n) is 16.8. The SMILES string of the molecule is Fc1c(F)c(F)c2c(F)c([B-](c3c(F)c(F)c4c(F)c(F)c(F)c(F)c4c3F)(c3c(F)c(F)c4c(F)c(F)c(F)c(F)c4c3F)c3c(F)c(F)c4c(F)c(F)c(F)c(F)c4c3F)c(F)c(F)c2c1F.Fc1c(F)c(F)c2c(F)c([B-](c3c(F)c(F)c4c(F)c(F)c(F)c(F)c4c3F)(c3c(F)c(F)c4c(F)c(F)c(F)c(F)c4c3F)c3c(F)c(F)c4c(F)c(F)c(F)c(F)c4c3F)c(F)c(F)c2c1F.[Mg+2]. The first kappa shape index (κ1) is 101. The second-order valence-corrected chi connectivity index (χ2v) is 28.6. The van der Waals surface area contributed by atoms with Gasteiger partial charge in [0, 0.05) is 0 Å². The molecule has 720 valence electrons. The number of halogens is 56.